The van der Waals surface area contributed by atoms with Gasteiger partial charge in [0.15, 0.2) is 0 Å². The Balaban J connectivity index is 0.732. The number of rotatable bonds is 14. The monoisotopic (exact) mass is 1190 g/mol. The fourth-order valence-electron chi connectivity index (χ4n) is 16.0. The molecule has 1 unspecified atom stereocenters. The maximum atomic E-state index is 12.3. The van der Waals surface area contributed by atoms with Gasteiger partial charge in [-0.05, 0) is 97.5 Å². The second-order valence-electron chi connectivity index (χ2n) is 26.3. The standard InChI is InChI=1S/C56H84O23S2/c1-9-12-30(51(58)59)13-10-15-52(4,60)50-28(2)19-39-38(74-50)25-46-56(8,77-39)49(57)48-42(73-46)23-41-47(75-48)29(3)27-55(7)44(72-41)26-43-54(6,79-55)17-14-31-32(71-43)20-34-33(68-31)21-35-36(69-34)22-40-37(70-35)24-45(78-81(64,65)66)53(5,76-40)16-11-18-67-80(61,62)63/h9-10,15,29-50,57,60H,1-2,11-14,16-27H2,3-8H3,(H,58,59)(H,61,62,63)(H,64,65,66)/b15-10+/t29-,30?,31-,32+,33+,34-,35-,36+,37+,38+,39-,40-,41-,42+,43-,44+,45-,46-,47+,48+,49+,50-,52+,53+,54+,55-,56-/m0/s1. The van der Waals surface area contributed by atoms with E-state index in [1.807, 2.05) is 6.92 Å². The molecular weight excluding hydrogens is 1100 g/mol. The molecule has 0 bridgehead atoms. The predicted octanol–water partition coefficient (Wildman–Crippen LogP) is 4.59. The minimum Gasteiger partial charge on any atom is -0.481 e. The van der Waals surface area contributed by atoms with Gasteiger partial charge in [0, 0.05) is 44.9 Å². The lowest BCUT2D eigenvalue weighted by molar-refractivity contribution is -0.361. The maximum Gasteiger partial charge on any atom is 0.397 e. The van der Waals surface area contributed by atoms with Crippen LogP contribution >= 0.6 is 0 Å². The molecule has 11 fully saturated rings. The Morgan fingerprint density at radius 1 is 0.728 bits per heavy atom. The summed E-state index contributed by atoms with van der Waals surface area (Å²) in [5, 5.41) is 33.7. The highest BCUT2D eigenvalue weighted by molar-refractivity contribution is 7.81. The number of hydrogen-bond donors (Lipinski definition) is 5. The molecule has 0 radical (unpaired) electrons. The molecule has 11 rings (SSSR count). The summed E-state index contributed by atoms with van der Waals surface area (Å²) in [6, 6.07) is 0. The lowest BCUT2D eigenvalue weighted by Gasteiger charge is -2.59. The lowest BCUT2D eigenvalue weighted by Crippen LogP contribution is -2.73. The summed E-state index contributed by atoms with van der Waals surface area (Å²) in [6.07, 6.45) is 0.227. The number of aliphatic hydroxyl groups excluding tert-OH is 1. The van der Waals surface area contributed by atoms with E-state index in [1.54, 1.807) is 32.1 Å². The number of hydrogen-bond acceptors (Lipinski definition) is 20. The quantitative estimate of drug-likeness (QED) is 0.0902. The van der Waals surface area contributed by atoms with Gasteiger partial charge in [0.25, 0.3) is 0 Å². The first-order valence-electron chi connectivity index (χ1n) is 29.1. The zero-order valence-electron chi connectivity index (χ0n) is 47.1. The molecule has 0 aliphatic carbocycles. The second kappa shape index (κ2) is 22.3. The third-order valence-corrected chi connectivity index (χ3v) is 21.0. The number of fused-ring (bicyclic) bond motifs is 10. The van der Waals surface area contributed by atoms with Crippen molar-refractivity contribution in [2.75, 3.05) is 6.61 Å². The number of carbonyl (C=O) groups is 1. The molecule has 0 aromatic carbocycles. The van der Waals surface area contributed by atoms with Crippen molar-refractivity contribution in [1.82, 2.24) is 0 Å². The van der Waals surface area contributed by atoms with Crippen LogP contribution in [0, 0.1) is 11.8 Å². The van der Waals surface area contributed by atoms with Crippen molar-refractivity contribution in [1.29, 1.82) is 0 Å². The van der Waals surface area contributed by atoms with Gasteiger partial charge in [0.1, 0.15) is 35.6 Å². The molecule has 0 spiro atoms. The van der Waals surface area contributed by atoms with Gasteiger partial charge in [-0.15, -0.1) is 6.58 Å². The summed E-state index contributed by atoms with van der Waals surface area (Å²) in [7, 11) is -9.61. The Bertz CT molecular complexity index is 2620. The molecular formula is C56H84O23S2. The van der Waals surface area contributed by atoms with E-state index in [9.17, 15) is 41.5 Å². The molecule has 5 N–H and O–H groups in total. The Morgan fingerprint density at radius 2 is 1.32 bits per heavy atom. The van der Waals surface area contributed by atoms with Gasteiger partial charge in [-0.2, -0.15) is 16.8 Å². The van der Waals surface area contributed by atoms with Crippen LogP contribution in [0.15, 0.2) is 37.0 Å². The van der Waals surface area contributed by atoms with Crippen LogP contribution in [-0.2, 0) is 86.1 Å². The highest BCUT2D eigenvalue weighted by Gasteiger charge is 2.66. The number of carboxylic acid groups (broad SMARTS) is 1. The summed E-state index contributed by atoms with van der Waals surface area (Å²) >= 11 is 0. The summed E-state index contributed by atoms with van der Waals surface area (Å²) < 4.78 is 151. The van der Waals surface area contributed by atoms with E-state index in [2.05, 4.69) is 38.1 Å². The first-order valence-corrected chi connectivity index (χ1v) is 31.8. The Kier molecular flexibility index (Phi) is 16.6. The number of ether oxygens (including phenoxy) is 11. The fourth-order valence-corrected chi connectivity index (χ4v) is 16.9. The summed E-state index contributed by atoms with van der Waals surface area (Å²) in [6.45, 7) is 19.0. The first-order chi connectivity index (χ1) is 37.9. The van der Waals surface area contributed by atoms with E-state index in [4.69, 9.17) is 60.8 Å². The number of aliphatic carboxylic acids is 1. The fraction of sp³-hybridized carbons (Fsp3) is 0.875. The van der Waals surface area contributed by atoms with E-state index in [0.717, 1.165) is 0 Å². The maximum absolute atomic E-state index is 12.3. The zero-order valence-corrected chi connectivity index (χ0v) is 48.7. The molecule has 11 aliphatic heterocycles. The van der Waals surface area contributed by atoms with Gasteiger partial charge >= 0.3 is 26.8 Å². The van der Waals surface area contributed by atoms with Crippen LogP contribution in [0.1, 0.15) is 138 Å². The Labute approximate surface area is 474 Å². The van der Waals surface area contributed by atoms with E-state index in [-0.39, 0.29) is 80.9 Å². The molecule has 25 heteroatoms. The largest absolute Gasteiger partial charge is 0.481 e. The van der Waals surface area contributed by atoms with Crippen LogP contribution < -0.4 is 0 Å². The Hall–Kier alpha value is -2.09. The van der Waals surface area contributed by atoms with Crippen LogP contribution in [0.2, 0.25) is 0 Å². The minimum absolute atomic E-state index is 0.0355. The van der Waals surface area contributed by atoms with E-state index in [1.165, 1.54) is 0 Å². The van der Waals surface area contributed by atoms with Crippen LogP contribution in [0.3, 0.4) is 0 Å². The molecule has 81 heavy (non-hydrogen) atoms. The molecule has 27 atom stereocenters. The van der Waals surface area contributed by atoms with Crippen molar-refractivity contribution in [3.05, 3.63) is 37.0 Å². The molecule has 11 heterocycles. The molecule has 0 amide bonds. The van der Waals surface area contributed by atoms with E-state index >= 15 is 0 Å². The lowest BCUT2D eigenvalue weighted by atomic mass is 9.74. The number of allylic oxidation sites excluding steroid dienone is 2. The van der Waals surface area contributed by atoms with Gasteiger partial charge in [0.05, 0.1) is 127 Å². The number of aliphatic hydroxyl groups is 2. The first kappa shape index (κ1) is 60.6. The minimum atomic E-state index is -4.91. The molecule has 0 aromatic rings. The average Bonchev–Trinajstić information content (AvgIpc) is 3.59. The highest BCUT2D eigenvalue weighted by atomic mass is 32.3. The van der Waals surface area contributed by atoms with Crippen molar-refractivity contribution in [3.63, 3.8) is 0 Å². The Morgan fingerprint density at radius 3 is 1.99 bits per heavy atom. The number of carboxylic acids is 1. The van der Waals surface area contributed by atoms with Crippen molar-refractivity contribution in [2.24, 2.45) is 11.8 Å². The highest BCUT2D eigenvalue weighted by Crippen LogP contribution is 2.55. The molecule has 0 aromatic heterocycles. The van der Waals surface area contributed by atoms with Gasteiger partial charge < -0.3 is 67.4 Å². The van der Waals surface area contributed by atoms with Gasteiger partial charge in [0.2, 0.25) is 0 Å². The van der Waals surface area contributed by atoms with Crippen molar-refractivity contribution < 1.29 is 107 Å². The third kappa shape index (κ3) is 12.1. The average molecular weight is 1190 g/mol. The van der Waals surface area contributed by atoms with Gasteiger partial charge in [-0.3, -0.25) is 13.9 Å². The van der Waals surface area contributed by atoms with Crippen LogP contribution in [-0.4, -0.2) is 204 Å². The summed E-state index contributed by atoms with van der Waals surface area (Å²) in [5.74, 6) is -1.64. The van der Waals surface area contributed by atoms with Crippen molar-refractivity contribution in [3.8, 4) is 0 Å². The smallest absolute Gasteiger partial charge is 0.397 e. The van der Waals surface area contributed by atoms with Gasteiger partial charge in [-0.25, -0.2) is 8.37 Å². The van der Waals surface area contributed by atoms with Crippen LogP contribution in [0.5, 0.6) is 0 Å². The molecule has 458 valence electrons. The van der Waals surface area contributed by atoms with Crippen LogP contribution in [0.4, 0.5) is 0 Å². The molecule has 11 aliphatic rings. The zero-order chi connectivity index (χ0) is 58.0. The molecule has 23 nitrogen and oxygen atoms in total. The van der Waals surface area contributed by atoms with Crippen molar-refractivity contribution in [2.45, 2.75) is 288 Å². The van der Waals surface area contributed by atoms with Crippen LogP contribution in [0.25, 0.3) is 0 Å². The van der Waals surface area contributed by atoms with E-state index < -0.39 is 140 Å². The summed E-state index contributed by atoms with van der Waals surface area (Å²) in [4.78, 5) is 11.7. The topological polar surface area (TPSA) is 306 Å². The predicted molar refractivity (Wildman–Crippen MR) is 282 cm³/mol. The molecule has 0 saturated carbocycles. The third-order valence-electron chi connectivity index (χ3n) is 20.1. The second-order valence-corrected chi connectivity index (χ2v) is 28.4. The van der Waals surface area contributed by atoms with E-state index in [0.29, 0.717) is 76.2 Å². The molecule has 11 saturated heterocycles. The van der Waals surface area contributed by atoms with Gasteiger partial charge in [-0.1, -0.05) is 31.7 Å². The van der Waals surface area contributed by atoms with Crippen molar-refractivity contribution >= 4 is 26.8 Å². The normalized spacial score (nSPS) is 49.8. The summed E-state index contributed by atoms with van der Waals surface area (Å²) in [5.41, 5.74) is -4.73. The SMILES string of the molecule is C=CCC(C/C=C/[C@@](C)(O)[C@H]1O[C@@H]2C[C@@H]3O[C@@H]4C[C@@H]5O[C@@H]6C[C@@H]7O[C@@H]8C[C@@H]9O[C@@H]%10C[C@@H]%11O[C@](C)(CCCOS(=O)(=O)O)[C@@H](OS(=O)(=O)O)C[C@H]%11O[C@H]%10C[C@H]9O[C@H]8CC[C@@]7(C)O[C@@]6(C)C[C@H](C)[C@H]5O[C@H]4[C@@H](O)[C@@]3(C)O[C@H]2CC1=C)C(=O)O.